The summed E-state index contributed by atoms with van der Waals surface area (Å²) >= 11 is 1.56. The highest BCUT2D eigenvalue weighted by Crippen LogP contribution is 2.33. The van der Waals surface area contributed by atoms with Gasteiger partial charge in [0.25, 0.3) is 0 Å². The summed E-state index contributed by atoms with van der Waals surface area (Å²) in [4.78, 5) is 37.5. The van der Waals surface area contributed by atoms with Crippen LogP contribution in [0.25, 0.3) is 0 Å². The van der Waals surface area contributed by atoms with Crippen LogP contribution in [-0.2, 0) is 14.3 Å². The third-order valence-electron chi connectivity index (χ3n) is 4.22. The van der Waals surface area contributed by atoms with Crippen LogP contribution in [-0.4, -0.2) is 67.5 Å². The van der Waals surface area contributed by atoms with Gasteiger partial charge in [-0.1, -0.05) is 0 Å². The molecular weight excluding hydrogens is 388 g/mol. The number of nitrogens with zero attached hydrogens (tertiary/aromatic N) is 1. The number of amides is 1. The van der Waals surface area contributed by atoms with Gasteiger partial charge in [-0.15, -0.1) is 0 Å². The molecule has 1 aromatic carbocycles. The number of nitrogens with two attached hydrogens (primary N) is 1. The van der Waals surface area contributed by atoms with Crippen molar-refractivity contribution in [3.05, 3.63) is 23.8 Å². The number of likely N-dealkylation sites (N-methyl/N-ethyl adjacent to an activating group) is 1. The van der Waals surface area contributed by atoms with Gasteiger partial charge in [0, 0.05) is 12.6 Å². The van der Waals surface area contributed by atoms with Gasteiger partial charge in [-0.25, -0.2) is 4.79 Å². The second-order valence-corrected chi connectivity index (χ2v) is 7.08. The number of esters is 1. The summed E-state index contributed by atoms with van der Waals surface area (Å²) in [5.41, 5.74) is 6.05. The lowest BCUT2D eigenvalue weighted by Gasteiger charge is -2.23. The predicted octanol–water partition coefficient (Wildman–Crippen LogP) is 1.64. The normalized spacial score (nSPS) is 14.1. The van der Waals surface area contributed by atoms with E-state index in [4.69, 9.17) is 24.7 Å². The average Bonchev–Trinajstić information content (AvgIpc) is 3.17. The molecule has 154 valence electrons. The Hall–Kier alpha value is -2.46. The Balaban J connectivity index is 1.83. The lowest BCUT2D eigenvalue weighted by Crippen LogP contribution is -2.41. The molecule has 2 atom stereocenters. The number of ether oxygens (including phenoxy) is 4. The van der Waals surface area contributed by atoms with Crippen LogP contribution in [0, 0.1) is 0 Å². The zero-order valence-electron chi connectivity index (χ0n) is 16.0. The molecule has 9 nitrogen and oxygen atoms in total. The SMILES string of the molecule is CSCCC(N)C(=O)OCOC(=O)N(C)C(C)C(=O)c1ccc2c(c1)OCO2. The quantitative estimate of drug-likeness (QED) is 0.367. The number of rotatable bonds is 9. The van der Waals surface area contributed by atoms with Gasteiger partial charge in [0.1, 0.15) is 6.04 Å². The number of fused-ring (bicyclic) bond motifs is 1. The Morgan fingerprint density at radius 3 is 2.68 bits per heavy atom. The largest absolute Gasteiger partial charge is 0.454 e. The van der Waals surface area contributed by atoms with Crippen LogP contribution in [0.1, 0.15) is 23.7 Å². The summed E-state index contributed by atoms with van der Waals surface area (Å²) in [6.07, 6.45) is 1.57. The molecule has 2 unspecified atom stereocenters. The summed E-state index contributed by atoms with van der Waals surface area (Å²) in [6, 6.07) is 3.24. The first-order valence-electron chi connectivity index (χ1n) is 8.59. The van der Waals surface area contributed by atoms with E-state index in [-0.39, 0.29) is 12.6 Å². The molecule has 0 fully saturated rings. The number of ketones is 1. The highest BCUT2D eigenvalue weighted by Gasteiger charge is 2.26. The summed E-state index contributed by atoms with van der Waals surface area (Å²) in [5.74, 6) is 0.823. The molecule has 1 aliphatic heterocycles. The van der Waals surface area contributed by atoms with E-state index in [1.165, 1.54) is 7.05 Å². The number of thioether (sulfide) groups is 1. The third kappa shape index (κ3) is 5.52. The maximum Gasteiger partial charge on any atom is 0.413 e. The van der Waals surface area contributed by atoms with Crippen molar-refractivity contribution in [2.45, 2.75) is 25.4 Å². The molecule has 10 heteroatoms. The molecule has 1 heterocycles. The Bertz CT molecular complexity index is 728. The second kappa shape index (κ2) is 10.2. The van der Waals surface area contributed by atoms with E-state index in [1.807, 2.05) is 6.26 Å². The van der Waals surface area contributed by atoms with Gasteiger partial charge in [0.05, 0.1) is 6.04 Å². The minimum absolute atomic E-state index is 0.106. The van der Waals surface area contributed by atoms with E-state index >= 15 is 0 Å². The van der Waals surface area contributed by atoms with Crippen LogP contribution < -0.4 is 15.2 Å². The van der Waals surface area contributed by atoms with Gasteiger partial charge in [-0.3, -0.25) is 9.59 Å². The van der Waals surface area contributed by atoms with Crippen LogP contribution in [0.5, 0.6) is 11.5 Å². The first kappa shape index (κ1) is 21.8. The van der Waals surface area contributed by atoms with Gasteiger partial charge in [-0.2, -0.15) is 11.8 Å². The fourth-order valence-electron chi connectivity index (χ4n) is 2.33. The molecule has 28 heavy (non-hydrogen) atoms. The van der Waals surface area contributed by atoms with Gasteiger partial charge >= 0.3 is 12.1 Å². The smallest absolute Gasteiger partial charge is 0.413 e. The molecule has 0 radical (unpaired) electrons. The van der Waals surface area contributed by atoms with E-state index in [0.717, 1.165) is 10.7 Å². The van der Waals surface area contributed by atoms with Crippen molar-refractivity contribution < 1.29 is 33.3 Å². The molecule has 0 saturated carbocycles. The van der Waals surface area contributed by atoms with E-state index in [0.29, 0.717) is 23.5 Å². The summed E-state index contributed by atoms with van der Waals surface area (Å²) in [6.45, 7) is 1.10. The van der Waals surface area contributed by atoms with Gasteiger partial charge < -0.3 is 29.6 Å². The second-order valence-electron chi connectivity index (χ2n) is 6.10. The lowest BCUT2D eigenvalue weighted by molar-refractivity contribution is -0.154. The highest BCUT2D eigenvalue weighted by atomic mass is 32.2. The number of hydrogen-bond donors (Lipinski definition) is 1. The molecule has 2 N–H and O–H groups in total. The molecule has 1 aromatic rings. The third-order valence-corrected chi connectivity index (χ3v) is 4.87. The molecule has 0 saturated heterocycles. The minimum atomic E-state index is -0.799. The van der Waals surface area contributed by atoms with Crippen molar-refractivity contribution in [2.75, 3.05) is 32.6 Å². The maximum absolute atomic E-state index is 12.6. The van der Waals surface area contributed by atoms with Crippen LogP contribution in [0.3, 0.4) is 0 Å². The Kier molecular flexibility index (Phi) is 7.94. The zero-order chi connectivity index (χ0) is 20.7. The molecule has 1 aliphatic rings. The van der Waals surface area contributed by atoms with Crippen molar-refractivity contribution >= 4 is 29.6 Å². The fourth-order valence-corrected chi connectivity index (χ4v) is 2.82. The van der Waals surface area contributed by atoms with E-state index in [9.17, 15) is 14.4 Å². The molecule has 2 rings (SSSR count). The number of benzene rings is 1. The van der Waals surface area contributed by atoms with E-state index in [2.05, 4.69) is 0 Å². The summed E-state index contributed by atoms with van der Waals surface area (Å²) < 4.78 is 20.2. The maximum atomic E-state index is 12.6. The monoisotopic (exact) mass is 412 g/mol. The standard InChI is InChI=1S/C18H24N2O7S/c1-11(16(21)12-4-5-14-15(8-12)25-9-24-14)20(2)18(23)27-10-26-17(22)13(19)6-7-28-3/h4-5,8,11,13H,6-7,9-10,19H2,1-3H3. The highest BCUT2D eigenvalue weighted by molar-refractivity contribution is 7.98. The van der Waals surface area contributed by atoms with Crippen molar-refractivity contribution in [3.8, 4) is 11.5 Å². The van der Waals surface area contributed by atoms with Crippen LogP contribution >= 0.6 is 11.8 Å². The Morgan fingerprint density at radius 2 is 1.96 bits per heavy atom. The number of Topliss-reactive ketones (excluding diaryl/α,β-unsaturated/α-hetero) is 1. The van der Waals surface area contributed by atoms with E-state index < -0.39 is 30.9 Å². The van der Waals surface area contributed by atoms with E-state index in [1.54, 1.807) is 36.9 Å². The number of hydrogen-bond acceptors (Lipinski definition) is 9. The molecule has 0 aromatic heterocycles. The Labute approximate surface area is 167 Å². The van der Waals surface area contributed by atoms with Crippen molar-refractivity contribution in [3.63, 3.8) is 0 Å². The fraction of sp³-hybridized carbons (Fsp3) is 0.500. The number of carbonyl (C=O) groups is 3. The number of carbonyl (C=O) groups excluding carboxylic acids is 3. The van der Waals surface area contributed by atoms with Crippen molar-refractivity contribution in [1.29, 1.82) is 0 Å². The predicted molar refractivity (Wildman–Crippen MR) is 103 cm³/mol. The van der Waals surface area contributed by atoms with Crippen LogP contribution in [0.2, 0.25) is 0 Å². The van der Waals surface area contributed by atoms with Gasteiger partial charge in [-0.05, 0) is 43.6 Å². The molecular formula is C18H24N2O7S. The van der Waals surface area contributed by atoms with Gasteiger partial charge in [0.15, 0.2) is 17.3 Å². The Morgan fingerprint density at radius 1 is 1.25 bits per heavy atom. The molecule has 1 amide bonds. The topological polar surface area (TPSA) is 117 Å². The van der Waals surface area contributed by atoms with Crippen LogP contribution in [0.15, 0.2) is 18.2 Å². The van der Waals surface area contributed by atoms with Crippen molar-refractivity contribution in [2.24, 2.45) is 5.73 Å². The molecule has 0 spiro atoms. The van der Waals surface area contributed by atoms with Crippen LogP contribution in [0.4, 0.5) is 4.79 Å². The summed E-state index contributed by atoms with van der Waals surface area (Å²) in [7, 11) is 1.42. The average molecular weight is 412 g/mol. The summed E-state index contributed by atoms with van der Waals surface area (Å²) in [5, 5.41) is 0. The minimum Gasteiger partial charge on any atom is -0.454 e. The molecule has 0 aliphatic carbocycles. The first-order chi connectivity index (χ1) is 13.3. The molecule has 0 bridgehead atoms. The van der Waals surface area contributed by atoms with Gasteiger partial charge in [0.2, 0.25) is 13.6 Å². The van der Waals surface area contributed by atoms with Crippen molar-refractivity contribution in [1.82, 2.24) is 4.90 Å². The first-order valence-corrected chi connectivity index (χ1v) is 9.99. The zero-order valence-corrected chi connectivity index (χ0v) is 16.8. The lowest BCUT2D eigenvalue weighted by atomic mass is 10.0.